The monoisotopic (exact) mass is 484 g/mol. The number of benzene rings is 1. The summed E-state index contributed by atoms with van der Waals surface area (Å²) < 4.78 is 32.1. The molecule has 3 aromatic rings. The number of ether oxygens (including phenoxy) is 1. The summed E-state index contributed by atoms with van der Waals surface area (Å²) in [6, 6.07) is 7.34. The lowest BCUT2D eigenvalue weighted by Gasteiger charge is -2.31. The Morgan fingerprint density at radius 2 is 1.89 bits per heavy atom. The van der Waals surface area contributed by atoms with Crippen molar-refractivity contribution < 1.29 is 23.1 Å². The lowest BCUT2D eigenvalue weighted by atomic mass is 10.0. The van der Waals surface area contributed by atoms with E-state index < -0.39 is 11.5 Å². The van der Waals surface area contributed by atoms with Crippen molar-refractivity contribution >= 4 is 22.9 Å². The number of nitrogens with zero attached hydrogens (tertiary/aromatic N) is 3. The summed E-state index contributed by atoms with van der Waals surface area (Å²) in [6.07, 6.45) is 1.54. The van der Waals surface area contributed by atoms with Crippen LogP contribution in [0.15, 0.2) is 30.5 Å². The third-order valence-corrected chi connectivity index (χ3v) is 5.90. The molecule has 1 aliphatic heterocycles. The molecule has 0 atom stereocenters. The molecular weight excluding hydrogens is 454 g/mol. The number of H-pyrrole nitrogens is 1. The quantitative estimate of drug-likeness (QED) is 0.511. The van der Waals surface area contributed by atoms with Gasteiger partial charge in [-0.3, -0.25) is 14.6 Å². The van der Waals surface area contributed by atoms with Gasteiger partial charge < -0.3 is 14.6 Å². The number of hydrogen-bond donors (Lipinski definition) is 1. The molecular formula is C26H30F2N4O3. The first-order chi connectivity index (χ1) is 16.4. The molecule has 0 unspecified atom stereocenters. The highest BCUT2D eigenvalue weighted by molar-refractivity contribution is 5.94. The van der Waals surface area contributed by atoms with Crippen LogP contribution in [0.4, 0.5) is 8.78 Å². The van der Waals surface area contributed by atoms with Crippen LogP contribution in [0.5, 0.6) is 0 Å². The van der Waals surface area contributed by atoms with E-state index in [9.17, 15) is 18.4 Å². The van der Waals surface area contributed by atoms with E-state index in [-0.39, 0.29) is 44.2 Å². The number of carbonyl (C=O) groups excluding carboxylic acids is 2. The van der Waals surface area contributed by atoms with Crippen molar-refractivity contribution in [3.8, 4) is 11.3 Å². The maximum Gasteiger partial charge on any atom is 0.306 e. The normalized spacial score (nSPS) is 15.9. The van der Waals surface area contributed by atoms with Crippen molar-refractivity contribution in [3.05, 3.63) is 47.4 Å². The molecule has 35 heavy (non-hydrogen) atoms. The highest BCUT2D eigenvalue weighted by atomic mass is 19.3. The molecule has 1 N–H and O–H groups in total. The summed E-state index contributed by atoms with van der Waals surface area (Å²) >= 11 is 0. The summed E-state index contributed by atoms with van der Waals surface area (Å²) in [7, 11) is 0. The molecule has 0 aliphatic carbocycles. The van der Waals surface area contributed by atoms with Gasteiger partial charge in [0.15, 0.2) is 0 Å². The lowest BCUT2D eigenvalue weighted by Crippen LogP contribution is -2.42. The van der Waals surface area contributed by atoms with Crippen LogP contribution in [0.3, 0.4) is 0 Å². The first-order valence-electron chi connectivity index (χ1n) is 11.7. The van der Waals surface area contributed by atoms with Gasteiger partial charge in [0.2, 0.25) is 0 Å². The Morgan fingerprint density at radius 3 is 2.51 bits per heavy atom. The number of amides is 1. The first-order valence-corrected chi connectivity index (χ1v) is 11.7. The number of aromatic nitrogens is 3. The number of rotatable bonds is 5. The molecule has 1 saturated heterocycles. The molecule has 9 heteroatoms. The number of esters is 1. The third-order valence-electron chi connectivity index (χ3n) is 5.90. The Hall–Kier alpha value is -3.36. The molecule has 7 nitrogen and oxygen atoms in total. The van der Waals surface area contributed by atoms with E-state index in [0.717, 1.165) is 22.2 Å². The van der Waals surface area contributed by atoms with Crippen LogP contribution >= 0.6 is 0 Å². The number of carbonyl (C=O) groups is 2. The van der Waals surface area contributed by atoms with Gasteiger partial charge in [-0.15, -0.1) is 0 Å². The molecule has 1 aromatic carbocycles. The van der Waals surface area contributed by atoms with Crippen molar-refractivity contribution in [2.45, 2.75) is 64.9 Å². The van der Waals surface area contributed by atoms with Crippen molar-refractivity contribution in [1.82, 2.24) is 19.9 Å². The van der Waals surface area contributed by atoms with Crippen LogP contribution in [0.2, 0.25) is 0 Å². The molecule has 3 heterocycles. The minimum atomic E-state index is -2.70. The predicted molar refractivity (Wildman–Crippen MR) is 128 cm³/mol. The Labute approximate surface area is 202 Å². The molecule has 4 rings (SSSR count). The SMILES string of the molecule is Cc1cc(-c2ccc(C(=O)N3CCC(F)(F)CC3)cn2)cc2[nH]c(CCC(=O)OC(C)(C)C)nc12. The second-order valence-corrected chi connectivity index (χ2v) is 10.0. The van der Waals surface area contributed by atoms with Crippen LogP contribution in [-0.2, 0) is 16.0 Å². The fourth-order valence-electron chi connectivity index (χ4n) is 4.13. The van der Waals surface area contributed by atoms with E-state index >= 15 is 0 Å². The fourth-order valence-corrected chi connectivity index (χ4v) is 4.13. The zero-order valence-corrected chi connectivity index (χ0v) is 20.5. The number of fused-ring (bicyclic) bond motifs is 1. The molecule has 0 radical (unpaired) electrons. The Kier molecular flexibility index (Phi) is 6.62. The average Bonchev–Trinajstić information content (AvgIpc) is 3.20. The fraction of sp³-hybridized carbons (Fsp3) is 0.462. The van der Waals surface area contributed by atoms with Crippen molar-refractivity contribution in [2.75, 3.05) is 13.1 Å². The van der Waals surface area contributed by atoms with E-state index in [1.165, 1.54) is 11.1 Å². The topological polar surface area (TPSA) is 88.2 Å². The first kappa shape index (κ1) is 24.8. The highest BCUT2D eigenvalue weighted by Crippen LogP contribution is 2.29. The largest absolute Gasteiger partial charge is 0.460 e. The molecule has 1 fully saturated rings. The third kappa shape index (κ3) is 6.01. The number of halogens is 2. The summed E-state index contributed by atoms with van der Waals surface area (Å²) in [5.74, 6) is -2.55. The zero-order chi connectivity index (χ0) is 25.4. The molecule has 1 aliphatic rings. The van der Waals surface area contributed by atoms with Gasteiger partial charge in [-0.25, -0.2) is 13.8 Å². The smallest absolute Gasteiger partial charge is 0.306 e. The van der Waals surface area contributed by atoms with Gasteiger partial charge >= 0.3 is 5.97 Å². The molecule has 2 aromatic heterocycles. The second kappa shape index (κ2) is 9.36. The lowest BCUT2D eigenvalue weighted by molar-refractivity contribution is -0.154. The van der Waals surface area contributed by atoms with Crippen molar-refractivity contribution in [2.24, 2.45) is 0 Å². The van der Waals surface area contributed by atoms with Gasteiger partial charge in [0.1, 0.15) is 11.4 Å². The molecule has 0 saturated carbocycles. The van der Waals surface area contributed by atoms with Crippen LogP contribution in [-0.4, -0.2) is 56.3 Å². The van der Waals surface area contributed by atoms with Crippen LogP contribution in [0.25, 0.3) is 22.3 Å². The number of piperidine rings is 1. The number of hydrogen-bond acceptors (Lipinski definition) is 5. The highest BCUT2D eigenvalue weighted by Gasteiger charge is 2.35. The van der Waals surface area contributed by atoms with Crippen molar-refractivity contribution in [3.63, 3.8) is 0 Å². The Balaban J connectivity index is 1.47. The molecule has 0 spiro atoms. The number of alkyl halides is 2. The molecule has 0 bridgehead atoms. The maximum atomic E-state index is 13.4. The predicted octanol–water partition coefficient (Wildman–Crippen LogP) is 5.08. The molecule has 186 valence electrons. The minimum absolute atomic E-state index is 0.0412. The van der Waals surface area contributed by atoms with E-state index in [1.807, 2.05) is 39.8 Å². The van der Waals surface area contributed by atoms with E-state index in [4.69, 9.17) is 4.74 Å². The molecule has 1 amide bonds. The average molecular weight is 485 g/mol. The second-order valence-electron chi connectivity index (χ2n) is 10.0. The Bertz CT molecular complexity index is 1240. The summed E-state index contributed by atoms with van der Waals surface area (Å²) in [5, 5.41) is 0. The van der Waals surface area contributed by atoms with E-state index in [0.29, 0.717) is 23.5 Å². The van der Waals surface area contributed by atoms with Gasteiger partial charge in [0.05, 0.1) is 28.7 Å². The van der Waals surface area contributed by atoms with E-state index in [1.54, 1.807) is 12.1 Å². The Morgan fingerprint density at radius 1 is 1.17 bits per heavy atom. The summed E-state index contributed by atoms with van der Waals surface area (Å²) in [6.45, 7) is 7.54. The number of aryl methyl sites for hydroxylation is 2. The van der Waals surface area contributed by atoms with Crippen LogP contribution in [0.1, 0.15) is 61.8 Å². The minimum Gasteiger partial charge on any atom is -0.460 e. The van der Waals surface area contributed by atoms with Gasteiger partial charge in [-0.2, -0.15) is 0 Å². The van der Waals surface area contributed by atoms with E-state index in [2.05, 4.69) is 15.0 Å². The number of nitrogens with one attached hydrogen (secondary N) is 1. The van der Waals surface area contributed by atoms with Crippen LogP contribution < -0.4 is 0 Å². The summed E-state index contributed by atoms with van der Waals surface area (Å²) in [5.41, 5.74) is 4.00. The van der Waals surface area contributed by atoms with Crippen LogP contribution in [0, 0.1) is 6.92 Å². The number of pyridine rings is 1. The van der Waals surface area contributed by atoms with Gasteiger partial charge in [-0.05, 0) is 57.5 Å². The van der Waals surface area contributed by atoms with Gasteiger partial charge in [0.25, 0.3) is 11.8 Å². The standard InChI is InChI=1S/C26H30F2N4O3/c1-16-13-18(14-20-23(16)31-21(30-20)7-8-22(33)35-25(2,3)4)19-6-5-17(15-29-19)24(34)32-11-9-26(27,28)10-12-32/h5-6,13-15H,7-12H2,1-4H3,(H,30,31). The number of imidazole rings is 1. The summed E-state index contributed by atoms with van der Waals surface area (Å²) in [4.78, 5) is 38.5. The zero-order valence-electron chi connectivity index (χ0n) is 20.5. The number of likely N-dealkylation sites (tertiary alicyclic amines) is 1. The number of aromatic amines is 1. The van der Waals surface area contributed by atoms with Gasteiger partial charge in [-0.1, -0.05) is 0 Å². The maximum absolute atomic E-state index is 13.4. The van der Waals surface area contributed by atoms with Gasteiger partial charge in [0, 0.05) is 44.1 Å². The van der Waals surface area contributed by atoms with Crippen molar-refractivity contribution in [1.29, 1.82) is 0 Å².